The molecule has 0 fully saturated rings. The van der Waals surface area contributed by atoms with Gasteiger partial charge in [-0.2, -0.15) is 6.07 Å². The van der Waals surface area contributed by atoms with E-state index in [9.17, 15) is 0 Å². The second kappa shape index (κ2) is 13.3. The fraction of sp³-hybridized carbons (Fsp3) is 0.391. The van der Waals surface area contributed by atoms with Gasteiger partial charge in [-0.3, -0.25) is 0 Å². The number of benzene rings is 2. The molecule has 0 aliphatic heterocycles. The summed E-state index contributed by atoms with van der Waals surface area (Å²) in [7, 11) is 3.24. The molecule has 0 saturated heterocycles. The second-order valence-corrected chi connectivity index (χ2v) is 10.0. The van der Waals surface area contributed by atoms with Crippen molar-refractivity contribution < 1.29 is 35.7 Å². The number of ether oxygens (including phenoxy) is 2. The molecule has 0 atom stereocenters. The fourth-order valence-corrected chi connectivity index (χ4v) is 2.29. The summed E-state index contributed by atoms with van der Waals surface area (Å²) >= 11 is 0. The summed E-state index contributed by atoms with van der Waals surface area (Å²) < 4.78 is 10.5. The normalized spacial score (nSPS) is 10.6. The molecule has 0 bridgehead atoms. The predicted octanol–water partition coefficient (Wildman–Crippen LogP) is 6.47. The zero-order chi connectivity index (χ0) is 19.9. The third-order valence-corrected chi connectivity index (χ3v) is 3.21. The van der Waals surface area contributed by atoms with E-state index in [0.717, 1.165) is 17.9 Å². The largest absolute Gasteiger partial charge is 4.00 e. The van der Waals surface area contributed by atoms with Gasteiger partial charge in [0, 0.05) is 5.75 Å². The van der Waals surface area contributed by atoms with Crippen LogP contribution >= 0.6 is 0 Å². The van der Waals surface area contributed by atoms with Gasteiger partial charge in [0.1, 0.15) is 5.75 Å². The van der Waals surface area contributed by atoms with Crippen LogP contribution in [0.2, 0.25) is 13.1 Å². The molecule has 0 unspecified atom stereocenters. The van der Waals surface area contributed by atoms with Crippen LogP contribution in [0.4, 0.5) is 0 Å². The molecule has 1 aliphatic carbocycles. The molecule has 28 heavy (non-hydrogen) atoms. The third kappa shape index (κ3) is 10.6. The van der Waals surface area contributed by atoms with Gasteiger partial charge in [0.2, 0.25) is 0 Å². The van der Waals surface area contributed by atoms with Gasteiger partial charge in [-0.15, -0.1) is 37.6 Å². The predicted molar refractivity (Wildman–Crippen MR) is 120 cm³/mol. The van der Waals surface area contributed by atoms with Crippen LogP contribution in [0.3, 0.4) is 0 Å². The molecule has 5 heteroatoms. The van der Waals surface area contributed by atoms with E-state index < -0.39 is 0 Å². The van der Waals surface area contributed by atoms with Crippen molar-refractivity contribution in [2.75, 3.05) is 14.2 Å². The van der Waals surface area contributed by atoms with E-state index >= 15 is 0 Å². The Labute approximate surface area is 193 Å². The zero-order valence-corrected chi connectivity index (χ0v) is 22.1. The summed E-state index contributed by atoms with van der Waals surface area (Å²) in [6, 6.07) is 13.4. The number of nitrogens with one attached hydrogen (secondary N) is 1. The van der Waals surface area contributed by atoms with E-state index in [0.29, 0.717) is 0 Å². The van der Waals surface area contributed by atoms with Gasteiger partial charge in [0.05, 0.1) is 14.2 Å². The summed E-state index contributed by atoms with van der Waals surface area (Å²) in [6.07, 6.45) is 0.943. The molecule has 3 rings (SSSR count). The van der Waals surface area contributed by atoms with Crippen molar-refractivity contribution in [3.63, 3.8) is 0 Å². The van der Waals surface area contributed by atoms with Crippen molar-refractivity contribution in [3.8, 4) is 22.6 Å². The molecular formula is C23H34NO2SiZr. The van der Waals surface area contributed by atoms with E-state index in [1.165, 1.54) is 22.3 Å². The standard InChI is InChI=1S/C15H13O2.C4H10N.C3H8Si.CH3.Zr/c1-16-12-5-3-10-7-11-4-6-13(17-2)9-15(11)14(10)8-12;1-4(2,3)5;1-4(2)3;;/h3,5-6,8-9H,7H2,1-2H3;5H,1-3H3;1H2,2-3H3;1H3;/q4*-1;+4. The van der Waals surface area contributed by atoms with Gasteiger partial charge in [0.15, 0.2) is 0 Å². The van der Waals surface area contributed by atoms with Crippen LogP contribution in [-0.2, 0) is 32.6 Å². The molecule has 0 heterocycles. The molecule has 0 saturated carbocycles. The van der Waals surface area contributed by atoms with Crippen LogP contribution in [0.5, 0.6) is 11.5 Å². The average Bonchev–Trinajstić information content (AvgIpc) is 2.89. The Hall–Kier alpha value is -0.900. The first-order valence-corrected chi connectivity index (χ1v) is 11.4. The summed E-state index contributed by atoms with van der Waals surface area (Å²) in [5.74, 6) is 1.74. The summed E-state index contributed by atoms with van der Waals surface area (Å²) in [5, 5.41) is 0. The van der Waals surface area contributed by atoms with E-state index in [4.69, 9.17) is 15.2 Å². The van der Waals surface area contributed by atoms with E-state index in [-0.39, 0.29) is 48.0 Å². The van der Waals surface area contributed by atoms with Gasteiger partial charge >= 0.3 is 26.2 Å². The molecule has 1 N–H and O–H groups in total. The molecule has 2 aromatic rings. The zero-order valence-electron chi connectivity index (χ0n) is 18.6. The van der Waals surface area contributed by atoms with Gasteiger partial charge < -0.3 is 29.2 Å². The minimum atomic E-state index is -0.250. The summed E-state index contributed by atoms with van der Waals surface area (Å²) in [5.41, 5.74) is 11.7. The van der Waals surface area contributed by atoms with Crippen LogP contribution in [0, 0.1) is 20.0 Å². The van der Waals surface area contributed by atoms with Crippen molar-refractivity contribution in [2.24, 2.45) is 0 Å². The quantitative estimate of drug-likeness (QED) is 0.315. The number of rotatable bonds is 2. The molecule has 1 aliphatic rings. The Morgan fingerprint density at radius 1 is 1.04 bits per heavy atom. The summed E-state index contributed by atoms with van der Waals surface area (Å²) in [6.45, 7) is 13.6. The van der Waals surface area contributed by atoms with Crippen molar-refractivity contribution in [2.45, 2.75) is 45.8 Å². The number of hydrogen-bond donors (Lipinski definition) is 0. The summed E-state index contributed by atoms with van der Waals surface area (Å²) in [4.78, 5) is 0. The maximum atomic E-state index is 6.94. The number of methoxy groups -OCH3 is 2. The van der Waals surface area contributed by atoms with Crippen LogP contribution in [0.1, 0.15) is 31.9 Å². The topological polar surface area (TPSA) is 42.3 Å². The monoisotopic (exact) mass is 474 g/mol. The van der Waals surface area contributed by atoms with E-state index in [2.05, 4.69) is 43.9 Å². The minimum absolute atomic E-state index is 0. The molecule has 0 aromatic heterocycles. The van der Waals surface area contributed by atoms with Crippen molar-refractivity contribution in [1.29, 1.82) is 0 Å². The first-order chi connectivity index (χ1) is 12.0. The molecule has 3 nitrogen and oxygen atoms in total. The molecule has 2 aromatic carbocycles. The van der Waals surface area contributed by atoms with Gasteiger partial charge in [-0.05, 0) is 24.1 Å². The van der Waals surface area contributed by atoms with Crippen LogP contribution in [-0.4, -0.2) is 28.6 Å². The Balaban J connectivity index is 0. The molecule has 0 amide bonds. The average molecular weight is 476 g/mol. The van der Waals surface area contributed by atoms with Crippen LogP contribution in [0.25, 0.3) is 16.9 Å². The Morgan fingerprint density at radius 2 is 1.50 bits per heavy atom. The maximum absolute atomic E-state index is 6.94. The smallest absolute Gasteiger partial charge is 0.673 e. The Morgan fingerprint density at radius 3 is 1.96 bits per heavy atom. The van der Waals surface area contributed by atoms with Crippen molar-refractivity contribution in [3.05, 3.63) is 67.2 Å². The van der Waals surface area contributed by atoms with Crippen molar-refractivity contribution >= 4 is 8.80 Å². The molecular weight excluding hydrogens is 442 g/mol. The van der Waals surface area contributed by atoms with Gasteiger partial charge in [0.25, 0.3) is 0 Å². The fourth-order valence-electron chi connectivity index (χ4n) is 2.29. The Kier molecular flexibility index (Phi) is 14.0. The van der Waals surface area contributed by atoms with E-state index in [1.54, 1.807) is 14.2 Å². The number of hydrogen-bond acceptors (Lipinski definition) is 2. The first kappa shape index (κ1) is 29.3. The molecule has 151 valence electrons. The van der Waals surface area contributed by atoms with Gasteiger partial charge in [-0.25, -0.2) is 0 Å². The first-order valence-electron chi connectivity index (χ1n) is 8.68. The van der Waals surface area contributed by atoms with E-state index in [1.807, 2.05) is 32.9 Å². The van der Waals surface area contributed by atoms with Crippen molar-refractivity contribution in [1.82, 2.24) is 0 Å². The van der Waals surface area contributed by atoms with Crippen LogP contribution < -0.4 is 9.47 Å². The van der Waals surface area contributed by atoms with Crippen LogP contribution in [0.15, 0.2) is 30.3 Å². The number of fused-ring (bicyclic) bond motifs is 3. The SMILES string of the molecule is CC(C)(C)[NH-].COc1c[c-]c2c(c1)-c1cc(OC)ccc1C2.[CH2-][Si](C)C.[CH3-].[Zr+4]. The maximum Gasteiger partial charge on any atom is 4.00 e. The Bertz CT molecular complexity index is 652. The second-order valence-electron chi connectivity index (χ2n) is 7.59. The molecule has 1 radical (unpaired) electrons. The molecule has 0 spiro atoms. The minimum Gasteiger partial charge on any atom is -0.673 e. The van der Waals surface area contributed by atoms with Gasteiger partial charge in [-0.1, -0.05) is 45.5 Å². The third-order valence-electron chi connectivity index (χ3n) is 3.21.